The van der Waals surface area contributed by atoms with Gasteiger partial charge in [-0.3, -0.25) is 59.1 Å². The number of carboxylic acids is 1. The largest absolute Gasteiger partial charge is 0.478 e. The van der Waals surface area contributed by atoms with Gasteiger partial charge in [0.2, 0.25) is 11.7 Å². The van der Waals surface area contributed by atoms with E-state index in [0.717, 1.165) is 95.4 Å². The summed E-state index contributed by atoms with van der Waals surface area (Å²) in [5.41, 5.74) is 6.47. The number of carbonyl (C=O) groups is 8. The first-order valence-electron chi connectivity index (χ1n) is 33.9. The minimum Gasteiger partial charge on any atom is -0.478 e. The molecule has 3 aliphatic heterocycles. The van der Waals surface area contributed by atoms with Crippen molar-refractivity contribution in [3.63, 3.8) is 0 Å². The maximum atomic E-state index is 13.1. The average molecular weight is 1660 g/mol. The first-order chi connectivity index (χ1) is 53.6. The van der Waals surface area contributed by atoms with Crippen LogP contribution in [-0.2, 0) is 28.6 Å². The van der Waals surface area contributed by atoms with Crippen molar-refractivity contribution in [2.45, 2.75) is 90.0 Å². The molecule has 0 aromatic heterocycles. The Morgan fingerprint density at radius 3 is 1.50 bits per heavy atom. The number of fused-ring (bicyclic) bond motifs is 6. The number of nitrogens with one attached hydrogen (secondary N) is 2. The molecule has 0 unspecified atom stereocenters. The zero-order valence-corrected chi connectivity index (χ0v) is 65.6. The van der Waals surface area contributed by atoms with Crippen LogP contribution in [0.1, 0.15) is 97.7 Å². The van der Waals surface area contributed by atoms with Crippen LogP contribution in [-0.4, -0.2) is 106 Å². The van der Waals surface area contributed by atoms with E-state index in [2.05, 4.69) is 44.7 Å². The highest BCUT2D eigenvalue weighted by atomic mass is 79.9. The zero-order valence-electron chi connectivity index (χ0n) is 59.8. The number of hydroxylamine groups is 1. The molecular formula is C81H74BrFN6O17S5. The topological polar surface area (TPSA) is 322 Å². The molecule has 0 saturated heterocycles. The van der Waals surface area contributed by atoms with E-state index in [1.807, 2.05) is 138 Å². The highest BCUT2D eigenvalue weighted by Crippen LogP contribution is 2.44. The number of hydrogen-bond acceptors (Lipinski definition) is 21. The molecule has 0 spiro atoms. The first kappa shape index (κ1) is 87.1. The molecule has 111 heavy (non-hydrogen) atoms. The number of rotatable bonds is 18. The van der Waals surface area contributed by atoms with Crippen molar-refractivity contribution in [3.8, 4) is 0 Å². The van der Waals surface area contributed by atoms with Gasteiger partial charge < -0.3 is 29.5 Å². The van der Waals surface area contributed by atoms with Crippen LogP contribution in [0, 0.1) is 26.0 Å². The number of esters is 3. The fourth-order valence-corrected chi connectivity index (χ4v) is 14.9. The van der Waals surface area contributed by atoms with Crippen molar-refractivity contribution in [1.29, 1.82) is 0 Å². The van der Waals surface area contributed by atoms with Gasteiger partial charge in [-0.15, -0.1) is 12.6 Å². The standard InChI is InChI=1S/C20H22N2O3S.C17H15NO3S.C14H11NO4S.C13H9NOS.C7H6O2S.C6H4FNO2.C4H7BrO2/c23-19(21-25)13-3-1-2-8-14-22-16-10-5-7-12-18(16)26-17-11-6-4-9-15(17)20(22)24;1-2-21-16(19)11-18-13-8-4-6-10-15(13)22-14-9-5-3-7-12(14)17(18)20;1-19-14(16)10-6-2-4-8-12(10)20-13-9-5-3-7-11(13)15(17)18;15-13-9-5-1-3-7-11(9)16-12-8-4-2-6-10(12)14-13;8-7(9)5-3-1-2-4-6(5)10;7-5-3-1-2-4-6(5)8(9)10;1-2-7-4(6)3-5/h4-7,9-12,25H,1-3,8,13-14H2,(H,21,23);3-10H,2,11H2,1H3;2-9H,1H3;1-8H,(H,14,15);1-4,10H,(H,8,9);1-4H;2-3H2,1H3. The van der Waals surface area contributed by atoms with Gasteiger partial charge in [0.1, 0.15) is 11.9 Å². The molecule has 0 fully saturated rings. The van der Waals surface area contributed by atoms with Gasteiger partial charge in [0.15, 0.2) is 0 Å². The smallest absolute Gasteiger partial charge is 0.339 e. The van der Waals surface area contributed by atoms with Gasteiger partial charge in [-0.2, -0.15) is 4.39 Å². The molecule has 574 valence electrons. The fraction of sp³-hybridized carbons (Fsp3) is 0.160. The number of methoxy groups -OCH3 is 1. The van der Waals surface area contributed by atoms with Gasteiger partial charge in [-0.05, 0) is 136 Å². The molecule has 0 aliphatic carbocycles. The van der Waals surface area contributed by atoms with Crippen LogP contribution in [0.2, 0.25) is 0 Å². The summed E-state index contributed by atoms with van der Waals surface area (Å²) in [6.45, 7) is 4.86. The van der Waals surface area contributed by atoms with Crippen LogP contribution < -0.4 is 20.6 Å². The molecule has 10 aromatic carbocycles. The van der Waals surface area contributed by atoms with Crippen LogP contribution in [0.15, 0.2) is 287 Å². The Kier molecular flexibility index (Phi) is 35.9. The Morgan fingerprint density at radius 1 is 0.541 bits per heavy atom. The van der Waals surface area contributed by atoms with Crippen LogP contribution in [0.3, 0.4) is 0 Å². The first-order valence-corrected chi connectivity index (χ1v) is 38.8. The van der Waals surface area contributed by atoms with E-state index in [1.54, 1.807) is 110 Å². The number of halogens is 2. The molecule has 3 aliphatic rings. The second kappa shape index (κ2) is 45.8. The Balaban J connectivity index is 0.000000186. The minimum atomic E-state index is -0.939. The van der Waals surface area contributed by atoms with Crippen LogP contribution in [0.5, 0.6) is 0 Å². The predicted molar refractivity (Wildman–Crippen MR) is 431 cm³/mol. The summed E-state index contributed by atoms with van der Waals surface area (Å²) < 4.78 is 26.6. The molecule has 4 N–H and O–H groups in total. The number of nitrogens with zero attached hydrogens (tertiary/aromatic N) is 4. The average Bonchev–Trinajstić information content (AvgIpc) is 1.70. The van der Waals surface area contributed by atoms with E-state index in [4.69, 9.17) is 19.8 Å². The zero-order chi connectivity index (χ0) is 80.2. The number of hydrogen-bond donors (Lipinski definition) is 5. The second-order valence-corrected chi connectivity index (χ2v) is 28.2. The fourth-order valence-electron chi connectivity index (χ4n) is 10.2. The molecule has 13 rings (SSSR count). The highest BCUT2D eigenvalue weighted by Gasteiger charge is 2.30. The van der Waals surface area contributed by atoms with Gasteiger partial charge in [-0.25, -0.2) is 15.1 Å². The van der Waals surface area contributed by atoms with Crippen molar-refractivity contribution in [1.82, 2.24) is 5.48 Å². The van der Waals surface area contributed by atoms with Crippen LogP contribution in [0.25, 0.3) is 0 Å². The molecule has 0 atom stereocenters. The van der Waals surface area contributed by atoms with Crippen molar-refractivity contribution >= 4 is 152 Å². The Hall–Kier alpha value is -11.1. The van der Waals surface area contributed by atoms with E-state index in [-0.39, 0.29) is 47.4 Å². The summed E-state index contributed by atoms with van der Waals surface area (Å²) in [6, 6.07) is 71.1. The number of nitro benzene ring substituents is 2. The van der Waals surface area contributed by atoms with Gasteiger partial charge >= 0.3 is 29.6 Å². The molecule has 10 aromatic rings. The van der Waals surface area contributed by atoms with Crippen LogP contribution >= 0.6 is 75.6 Å². The lowest BCUT2D eigenvalue weighted by molar-refractivity contribution is -0.387. The third-order valence-corrected chi connectivity index (χ3v) is 20.8. The summed E-state index contributed by atoms with van der Waals surface area (Å²) >= 11 is 12.9. The van der Waals surface area contributed by atoms with Crippen molar-refractivity contribution < 1.29 is 77.1 Å². The maximum Gasteiger partial charge on any atom is 0.339 e. The molecule has 30 heteroatoms. The van der Waals surface area contributed by atoms with E-state index in [0.29, 0.717) is 57.3 Å². The van der Waals surface area contributed by atoms with Gasteiger partial charge in [0, 0.05) is 64.3 Å². The van der Waals surface area contributed by atoms with Crippen LogP contribution in [0.4, 0.5) is 32.8 Å². The number of carboxylic acid groups (broad SMARTS) is 1. The minimum absolute atomic E-state index is 0.0113. The molecule has 0 bridgehead atoms. The van der Waals surface area contributed by atoms with E-state index >= 15 is 0 Å². The number of para-hydroxylation sites is 5. The number of unbranched alkanes of at least 4 members (excludes halogenated alkanes) is 3. The quantitative estimate of drug-likeness (QED) is 0.00779. The number of benzene rings is 10. The predicted octanol–water partition coefficient (Wildman–Crippen LogP) is 18.9. The normalized spacial score (nSPS) is 11.6. The van der Waals surface area contributed by atoms with E-state index < -0.39 is 39.3 Å². The molecule has 0 radical (unpaired) electrons. The van der Waals surface area contributed by atoms with E-state index in [9.17, 15) is 63.0 Å². The number of nitro groups is 2. The molecule has 4 amide bonds. The molecule has 0 saturated carbocycles. The Labute approximate surface area is 669 Å². The number of aromatic carboxylic acids is 1. The summed E-state index contributed by atoms with van der Waals surface area (Å²) in [7, 11) is 1.30. The molecule has 23 nitrogen and oxygen atoms in total. The summed E-state index contributed by atoms with van der Waals surface area (Å²) in [4.78, 5) is 124. The third-order valence-electron chi connectivity index (χ3n) is 15.4. The molecular weight excluding hydrogens is 1590 g/mol. The van der Waals surface area contributed by atoms with Crippen molar-refractivity contribution in [2.75, 3.05) is 53.9 Å². The number of amides is 4. The van der Waals surface area contributed by atoms with Gasteiger partial charge in [-0.1, -0.05) is 197 Å². The Bertz CT molecular complexity index is 4870. The maximum absolute atomic E-state index is 13.1. The lowest BCUT2D eigenvalue weighted by atomic mass is 10.1. The number of anilines is 3. The van der Waals surface area contributed by atoms with Gasteiger partial charge in [0.05, 0.1) is 79.9 Å². The SMILES string of the molecule is CCOC(=O)CBr.CCOC(=O)CN1C(=O)c2ccccc2Sc2ccccc21.COC(=O)c1ccccc1Sc1ccccc1[N+](=O)[O-].O=C(CCCCCCN1C(=O)c2ccccc2Sc2ccccc21)NO.O=C(O)c1ccccc1S.O=C1Nc2ccccc2Sc2ccccc21.O=[N+]([O-])c1ccccc1F. The summed E-state index contributed by atoms with van der Waals surface area (Å²) in [6.07, 6.45) is 3.75. The number of ether oxygens (including phenoxy) is 3. The number of thiol groups is 1. The lowest BCUT2D eigenvalue weighted by Gasteiger charge is -2.23. The van der Waals surface area contributed by atoms with Gasteiger partial charge in [0.25, 0.3) is 23.4 Å². The monoisotopic (exact) mass is 1660 g/mol. The summed E-state index contributed by atoms with van der Waals surface area (Å²) in [5.74, 6) is -3.34. The highest BCUT2D eigenvalue weighted by molar-refractivity contribution is 9.09. The third kappa shape index (κ3) is 26.3. The van der Waals surface area contributed by atoms with Crippen molar-refractivity contribution in [3.05, 3.63) is 297 Å². The summed E-state index contributed by atoms with van der Waals surface area (Å²) in [5, 5.41) is 41.2. The van der Waals surface area contributed by atoms with E-state index in [1.165, 1.54) is 59.8 Å². The molecule has 3 heterocycles. The Morgan fingerprint density at radius 2 is 0.982 bits per heavy atom. The van der Waals surface area contributed by atoms with Crippen molar-refractivity contribution in [2.24, 2.45) is 0 Å². The number of carbonyl (C=O) groups excluding carboxylic acids is 7. The lowest BCUT2D eigenvalue weighted by Crippen LogP contribution is -2.36. The second-order valence-electron chi connectivity index (χ2n) is 22.8. The number of alkyl halides is 1.